The number of hydrogen-bond donors (Lipinski definition) is 0. The summed E-state index contributed by atoms with van der Waals surface area (Å²) in [5.74, 6) is 0. The Bertz CT molecular complexity index is 393. The highest BCUT2D eigenvalue weighted by Gasteiger charge is 2.01. The highest BCUT2D eigenvalue weighted by molar-refractivity contribution is 9.10. The van der Waals surface area contributed by atoms with E-state index in [-0.39, 0.29) is 0 Å². The first-order valence-electron chi connectivity index (χ1n) is 3.23. The number of halogens is 1. The number of aromatic nitrogens is 3. The molecule has 0 amide bonds. The van der Waals surface area contributed by atoms with Gasteiger partial charge in [-0.1, -0.05) is 15.9 Å². The number of nitrogens with zero attached hydrogens (tertiary/aromatic N) is 3. The molecule has 0 aliphatic heterocycles. The van der Waals surface area contributed by atoms with Gasteiger partial charge in [0.05, 0.1) is 0 Å². The Hall–Kier alpha value is -0.900. The summed E-state index contributed by atoms with van der Waals surface area (Å²) < 4.78 is 2.96. The fraction of sp³-hybridized carbons (Fsp3) is 0.143. The highest BCUT2D eigenvalue weighted by atomic mass is 79.9. The third-order valence-corrected chi connectivity index (χ3v) is 2.51. The molecule has 0 atom stereocenters. The number of rotatable bonds is 0. The van der Waals surface area contributed by atoms with Gasteiger partial charge in [-0.15, -0.1) is 10.2 Å². The maximum atomic E-state index is 3.96. The molecule has 11 heavy (non-hydrogen) atoms. The van der Waals surface area contributed by atoms with E-state index in [4.69, 9.17) is 0 Å². The molecular weight excluding hydrogens is 206 g/mol. The third kappa shape index (κ3) is 0.939. The molecule has 0 aliphatic rings. The van der Waals surface area contributed by atoms with Gasteiger partial charge < -0.3 is 0 Å². The molecule has 2 rings (SSSR count). The molecule has 3 nitrogen and oxygen atoms in total. The van der Waals surface area contributed by atoms with Gasteiger partial charge in [0.15, 0.2) is 5.65 Å². The second-order valence-corrected chi connectivity index (χ2v) is 3.20. The zero-order valence-electron chi connectivity index (χ0n) is 5.95. The zero-order chi connectivity index (χ0) is 7.84. The topological polar surface area (TPSA) is 30.2 Å². The standard InChI is InChI=1S/C7H6BrN3/c1-5-6(8)2-3-11-4-9-10-7(5)11/h2-4H,1H3. The van der Waals surface area contributed by atoms with Gasteiger partial charge in [0.1, 0.15) is 6.33 Å². The second kappa shape index (κ2) is 2.30. The van der Waals surface area contributed by atoms with Crippen molar-refractivity contribution in [3.05, 3.63) is 28.6 Å². The van der Waals surface area contributed by atoms with Crippen molar-refractivity contribution in [2.45, 2.75) is 6.92 Å². The first kappa shape index (κ1) is 6.79. The molecule has 0 saturated carbocycles. The van der Waals surface area contributed by atoms with Crippen molar-refractivity contribution in [2.24, 2.45) is 0 Å². The van der Waals surface area contributed by atoms with E-state index in [0.717, 1.165) is 15.7 Å². The number of fused-ring (bicyclic) bond motifs is 1. The Labute approximate surface area is 72.2 Å². The molecule has 2 aromatic heterocycles. The molecule has 0 radical (unpaired) electrons. The molecule has 0 unspecified atom stereocenters. The van der Waals surface area contributed by atoms with Gasteiger partial charge in [0.2, 0.25) is 0 Å². The molecule has 2 aromatic rings. The molecule has 0 aromatic carbocycles. The summed E-state index contributed by atoms with van der Waals surface area (Å²) in [7, 11) is 0. The van der Waals surface area contributed by atoms with Crippen LogP contribution in [0.3, 0.4) is 0 Å². The summed E-state index contributed by atoms with van der Waals surface area (Å²) in [6.45, 7) is 2.01. The number of pyridine rings is 1. The van der Waals surface area contributed by atoms with Crippen LogP contribution >= 0.6 is 15.9 Å². The van der Waals surface area contributed by atoms with Crippen molar-refractivity contribution in [1.29, 1.82) is 0 Å². The van der Waals surface area contributed by atoms with Gasteiger partial charge >= 0.3 is 0 Å². The summed E-state index contributed by atoms with van der Waals surface area (Å²) in [5, 5.41) is 7.76. The van der Waals surface area contributed by atoms with E-state index in [1.807, 2.05) is 23.6 Å². The van der Waals surface area contributed by atoms with Crippen LogP contribution in [0.15, 0.2) is 23.1 Å². The van der Waals surface area contributed by atoms with E-state index in [9.17, 15) is 0 Å². The zero-order valence-corrected chi connectivity index (χ0v) is 7.54. The van der Waals surface area contributed by atoms with Gasteiger partial charge in [-0.3, -0.25) is 4.40 Å². The van der Waals surface area contributed by atoms with Gasteiger partial charge in [0, 0.05) is 16.2 Å². The van der Waals surface area contributed by atoms with Crippen LogP contribution in [-0.2, 0) is 0 Å². The minimum Gasteiger partial charge on any atom is -0.289 e. The van der Waals surface area contributed by atoms with Crippen LogP contribution in [0.1, 0.15) is 5.56 Å². The summed E-state index contributed by atoms with van der Waals surface area (Å²) in [6.07, 6.45) is 3.61. The molecule has 0 saturated heterocycles. The van der Waals surface area contributed by atoms with Crippen LogP contribution in [0, 0.1) is 6.92 Å². The predicted molar refractivity (Wildman–Crippen MR) is 45.4 cm³/mol. The lowest BCUT2D eigenvalue weighted by Gasteiger charge is -1.97. The van der Waals surface area contributed by atoms with Crippen LogP contribution in [0.2, 0.25) is 0 Å². The largest absolute Gasteiger partial charge is 0.289 e. The van der Waals surface area contributed by atoms with Gasteiger partial charge in [0.25, 0.3) is 0 Å². The molecule has 0 fully saturated rings. The van der Waals surface area contributed by atoms with Crippen LogP contribution in [0.5, 0.6) is 0 Å². The van der Waals surface area contributed by atoms with Crippen LogP contribution in [-0.4, -0.2) is 14.6 Å². The first-order valence-corrected chi connectivity index (χ1v) is 4.03. The predicted octanol–water partition coefficient (Wildman–Crippen LogP) is 1.80. The van der Waals surface area contributed by atoms with Crippen molar-refractivity contribution in [3.63, 3.8) is 0 Å². The van der Waals surface area contributed by atoms with E-state index in [1.54, 1.807) is 6.33 Å². The summed E-state index contributed by atoms with van der Waals surface area (Å²) in [6, 6.07) is 1.98. The molecule has 0 spiro atoms. The number of aryl methyl sites for hydroxylation is 1. The molecule has 0 N–H and O–H groups in total. The summed E-state index contributed by atoms with van der Waals surface area (Å²) >= 11 is 3.42. The lowest BCUT2D eigenvalue weighted by Crippen LogP contribution is -1.86. The van der Waals surface area contributed by atoms with E-state index in [1.165, 1.54) is 0 Å². The third-order valence-electron chi connectivity index (χ3n) is 1.65. The lowest BCUT2D eigenvalue weighted by atomic mass is 10.3. The van der Waals surface area contributed by atoms with Gasteiger partial charge in [-0.2, -0.15) is 0 Å². The van der Waals surface area contributed by atoms with E-state index >= 15 is 0 Å². The van der Waals surface area contributed by atoms with Gasteiger partial charge in [-0.05, 0) is 13.0 Å². The van der Waals surface area contributed by atoms with Crippen LogP contribution in [0.4, 0.5) is 0 Å². The Balaban J connectivity index is 2.93. The molecular formula is C7H6BrN3. The van der Waals surface area contributed by atoms with Crippen molar-refractivity contribution < 1.29 is 0 Å². The smallest absolute Gasteiger partial charge is 0.164 e. The quantitative estimate of drug-likeness (QED) is 0.666. The van der Waals surface area contributed by atoms with Crippen molar-refractivity contribution in [1.82, 2.24) is 14.6 Å². The van der Waals surface area contributed by atoms with E-state index < -0.39 is 0 Å². The summed E-state index contributed by atoms with van der Waals surface area (Å²) in [4.78, 5) is 0. The monoisotopic (exact) mass is 211 g/mol. The fourth-order valence-corrected chi connectivity index (χ4v) is 1.29. The van der Waals surface area contributed by atoms with E-state index in [0.29, 0.717) is 0 Å². The molecule has 0 bridgehead atoms. The molecule has 2 heterocycles. The average Bonchev–Trinajstić information content (AvgIpc) is 2.45. The van der Waals surface area contributed by atoms with Crippen molar-refractivity contribution in [2.75, 3.05) is 0 Å². The van der Waals surface area contributed by atoms with Crippen LogP contribution < -0.4 is 0 Å². The molecule has 56 valence electrons. The SMILES string of the molecule is Cc1c(Br)ccn2cnnc12. The van der Waals surface area contributed by atoms with E-state index in [2.05, 4.69) is 26.1 Å². The first-order chi connectivity index (χ1) is 5.29. The Morgan fingerprint density at radius 2 is 2.36 bits per heavy atom. The summed E-state index contributed by atoms with van der Waals surface area (Å²) in [5.41, 5.74) is 2.02. The lowest BCUT2D eigenvalue weighted by molar-refractivity contribution is 1.10. The number of hydrogen-bond acceptors (Lipinski definition) is 2. The maximum absolute atomic E-state index is 3.96. The van der Waals surface area contributed by atoms with Gasteiger partial charge in [-0.25, -0.2) is 0 Å². The fourth-order valence-electron chi connectivity index (χ4n) is 0.998. The van der Waals surface area contributed by atoms with Crippen molar-refractivity contribution in [3.8, 4) is 0 Å². The average molecular weight is 212 g/mol. The van der Waals surface area contributed by atoms with Crippen LogP contribution in [0.25, 0.3) is 5.65 Å². The highest BCUT2D eigenvalue weighted by Crippen LogP contribution is 2.17. The minimum absolute atomic E-state index is 0.902. The molecule has 4 heteroatoms. The Kier molecular flexibility index (Phi) is 1.42. The van der Waals surface area contributed by atoms with Crippen molar-refractivity contribution >= 4 is 21.6 Å². The maximum Gasteiger partial charge on any atom is 0.164 e. The Morgan fingerprint density at radius 3 is 3.18 bits per heavy atom. The minimum atomic E-state index is 0.902. The Morgan fingerprint density at radius 1 is 1.55 bits per heavy atom. The molecule has 0 aliphatic carbocycles. The normalized spacial score (nSPS) is 10.7. The second-order valence-electron chi connectivity index (χ2n) is 2.35.